The second-order valence-corrected chi connectivity index (χ2v) is 9.75. The Morgan fingerprint density at radius 2 is 1.41 bits per heavy atom. The smallest absolute Gasteiger partial charge is 0.290 e. The van der Waals surface area contributed by atoms with Gasteiger partial charge in [0.2, 0.25) is 0 Å². The van der Waals surface area contributed by atoms with Crippen molar-refractivity contribution in [1.82, 2.24) is 4.57 Å². The Hall–Kier alpha value is -3.33. The minimum Gasteiger partial charge on any atom is -0.372 e. The summed E-state index contributed by atoms with van der Waals surface area (Å²) < 4.78 is 5.10. The van der Waals surface area contributed by atoms with Gasteiger partial charge in [-0.2, -0.15) is 0 Å². The van der Waals surface area contributed by atoms with Crippen LogP contribution in [0.2, 0.25) is 0 Å². The van der Waals surface area contributed by atoms with Gasteiger partial charge in [0.1, 0.15) is 13.1 Å². The molecule has 0 fully saturated rings. The van der Waals surface area contributed by atoms with Crippen molar-refractivity contribution in [2.24, 2.45) is 0 Å². The highest BCUT2D eigenvalue weighted by molar-refractivity contribution is 5.85. The fourth-order valence-corrected chi connectivity index (χ4v) is 5.79. The third-order valence-corrected chi connectivity index (χ3v) is 7.53. The average Bonchev–Trinajstić information content (AvgIpc) is 3.51. The number of fused-ring (bicyclic) bond motifs is 7. The summed E-state index contributed by atoms with van der Waals surface area (Å²) in [5, 5.41) is 0. The molecule has 0 spiro atoms. The maximum atomic E-state index is 2.57. The number of nitrogens with zero attached hydrogens (tertiary/aromatic N) is 3. The molecule has 0 saturated heterocycles. The Balaban J connectivity index is 1.44. The monoisotopic (exact) mass is 448 g/mol. The van der Waals surface area contributed by atoms with Gasteiger partial charge < -0.3 is 4.90 Å². The van der Waals surface area contributed by atoms with E-state index in [1.165, 1.54) is 76.4 Å². The normalized spacial score (nSPS) is 12.9. The second kappa shape index (κ2) is 8.79. The Bertz CT molecular complexity index is 1250. The third-order valence-electron chi connectivity index (χ3n) is 7.53. The lowest BCUT2D eigenvalue weighted by Gasteiger charge is -2.24. The van der Waals surface area contributed by atoms with Gasteiger partial charge in [-0.05, 0) is 37.1 Å². The van der Waals surface area contributed by atoms with E-state index >= 15 is 0 Å². The molecular formula is C31H34N3+. The number of imidazole rings is 1. The van der Waals surface area contributed by atoms with Crippen LogP contribution in [0.15, 0.2) is 72.8 Å². The standard InChI is InChI=1S/C31H34N3/c1-3-5-19-32(20-6-4-2)26-17-15-23(16-18-26)31-33-21-24-11-7-9-13-27(24)29(33)30-28-14-10-8-12-25(28)22-34(30)31/h7-18H,3-6,19-22H2,1-2H3/q+1. The van der Waals surface area contributed by atoms with Gasteiger partial charge >= 0.3 is 0 Å². The molecule has 3 nitrogen and oxygen atoms in total. The van der Waals surface area contributed by atoms with Gasteiger partial charge in [-0.25, -0.2) is 9.13 Å². The van der Waals surface area contributed by atoms with Crippen LogP contribution in [0.3, 0.4) is 0 Å². The first-order chi connectivity index (χ1) is 16.8. The fraction of sp³-hybridized carbons (Fsp3) is 0.323. The molecule has 0 radical (unpaired) electrons. The molecule has 2 aliphatic rings. The summed E-state index contributed by atoms with van der Waals surface area (Å²) >= 11 is 0. The summed E-state index contributed by atoms with van der Waals surface area (Å²) in [5.41, 5.74) is 11.0. The molecule has 0 saturated carbocycles. The lowest BCUT2D eigenvalue weighted by atomic mass is 10.0. The predicted molar refractivity (Wildman–Crippen MR) is 141 cm³/mol. The van der Waals surface area contributed by atoms with Crippen LogP contribution in [0.25, 0.3) is 33.9 Å². The molecule has 3 heteroatoms. The Labute approximate surface area is 203 Å². The number of anilines is 1. The molecule has 0 unspecified atom stereocenters. The van der Waals surface area contributed by atoms with Gasteiger partial charge in [0, 0.05) is 41.0 Å². The molecular weight excluding hydrogens is 414 g/mol. The highest BCUT2D eigenvalue weighted by atomic mass is 15.2. The third kappa shape index (κ3) is 3.37. The Morgan fingerprint density at radius 1 is 0.765 bits per heavy atom. The maximum absolute atomic E-state index is 2.57. The van der Waals surface area contributed by atoms with Gasteiger partial charge in [-0.1, -0.05) is 75.2 Å². The van der Waals surface area contributed by atoms with E-state index in [1.54, 1.807) is 0 Å². The molecule has 0 bridgehead atoms. The number of benzene rings is 3. The van der Waals surface area contributed by atoms with Crippen LogP contribution in [-0.4, -0.2) is 17.7 Å². The molecule has 2 aliphatic heterocycles. The molecule has 1 aromatic heterocycles. The van der Waals surface area contributed by atoms with Crippen LogP contribution in [-0.2, 0) is 13.1 Å². The van der Waals surface area contributed by atoms with E-state index in [0.717, 1.165) is 26.2 Å². The van der Waals surface area contributed by atoms with E-state index in [9.17, 15) is 0 Å². The van der Waals surface area contributed by atoms with E-state index in [4.69, 9.17) is 0 Å². The van der Waals surface area contributed by atoms with Crippen molar-refractivity contribution in [1.29, 1.82) is 0 Å². The van der Waals surface area contributed by atoms with Crippen molar-refractivity contribution >= 4 is 5.69 Å². The van der Waals surface area contributed by atoms with E-state index in [1.807, 2.05) is 0 Å². The highest BCUT2D eigenvalue weighted by Crippen LogP contribution is 2.44. The van der Waals surface area contributed by atoms with Crippen LogP contribution in [0.5, 0.6) is 0 Å². The zero-order chi connectivity index (χ0) is 23.1. The van der Waals surface area contributed by atoms with E-state index in [2.05, 4.69) is 101 Å². The van der Waals surface area contributed by atoms with Crippen LogP contribution in [0.1, 0.15) is 50.7 Å². The average molecular weight is 449 g/mol. The number of hydrogen-bond acceptors (Lipinski definition) is 1. The van der Waals surface area contributed by atoms with E-state index < -0.39 is 0 Å². The van der Waals surface area contributed by atoms with Gasteiger partial charge in [-0.15, -0.1) is 0 Å². The van der Waals surface area contributed by atoms with Crippen molar-refractivity contribution < 1.29 is 4.57 Å². The van der Waals surface area contributed by atoms with Gasteiger partial charge in [0.05, 0.1) is 5.56 Å². The zero-order valence-corrected chi connectivity index (χ0v) is 20.4. The largest absolute Gasteiger partial charge is 0.372 e. The van der Waals surface area contributed by atoms with E-state index in [-0.39, 0.29) is 0 Å². The lowest BCUT2D eigenvalue weighted by Crippen LogP contribution is -2.34. The van der Waals surface area contributed by atoms with Crippen molar-refractivity contribution in [3.05, 3.63) is 83.9 Å². The Kier molecular flexibility index (Phi) is 5.49. The molecule has 3 heterocycles. The molecule has 34 heavy (non-hydrogen) atoms. The summed E-state index contributed by atoms with van der Waals surface area (Å²) in [7, 11) is 0. The summed E-state index contributed by atoms with van der Waals surface area (Å²) in [5.74, 6) is 1.33. The van der Waals surface area contributed by atoms with Crippen molar-refractivity contribution in [3.8, 4) is 33.9 Å². The zero-order valence-electron chi connectivity index (χ0n) is 20.4. The second-order valence-electron chi connectivity index (χ2n) is 9.75. The van der Waals surface area contributed by atoms with E-state index in [0.29, 0.717) is 0 Å². The number of rotatable bonds is 8. The molecule has 172 valence electrons. The summed E-state index contributed by atoms with van der Waals surface area (Å²) in [6.07, 6.45) is 4.97. The molecule has 0 atom stereocenters. The molecule has 0 N–H and O–H groups in total. The first-order valence-corrected chi connectivity index (χ1v) is 13.0. The first-order valence-electron chi connectivity index (χ1n) is 13.0. The minimum absolute atomic E-state index is 0.948. The molecule has 0 aliphatic carbocycles. The molecule has 6 rings (SSSR count). The van der Waals surface area contributed by atoms with Crippen LogP contribution in [0.4, 0.5) is 5.69 Å². The minimum atomic E-state index is 0.948. The number of hydrogen-bond donors (Lipinski definition) is 0. The SMILES string of the molecule is CCCCN(CCCC)c1ccc(-c2n3c(c4[n+]2Cc2ccccc2-4)-c2ccccc2C3)cc1. The summed E-state index contributed by atoms with van der Waals surface area (Å²) in [6, 6.07) is 27.2. The fourth-order valence-electron chi connectivity index (χ4n) is 5.79. The van der Waals surface area contributed by atoms with Crippen molar-refractivity contribution in [2.45, 2.75) is 52.6 Å². The number of aromatic nitrogens is 2. The quantitative estimate of drug-likeness (QED) is 0.231. The Morgan fingerprint density at radius 3 is 2.12 bits per heavy atom. The highest BCUT2D eigenvalue weighted by Gasteiger charge is 2.41. The maximum Gasteiger partial charge on any atom is 0.290 e. The van der Waals surface area contributed by atoms with Crippen LogP contribution < -0.4 is 9.47 Å². The first kappa shape index (κ1) is 21.2. The predicted octanol–water partition coefficient (Wildman–Crippen LogP) is 6.91. The van der Waals surface area contributed by atoms with Crippen LogP contribution in [0, 0.1) is 0 Å². The van der Waals surface area contributed by atoms with Crippen LogP contribution >= 0.6 is 0 Å². The lowest BCUT2D eigenvalue weighted by molar-refractivity contribution is -0.660. The van der Waals surface area contributed by atoms with Gasteiger partial charge in [-0.3, -0.25) is 0 Å². The molecule has 0 amide bonds. The number of unbranched alkanes of at least 4 members (excludes halogenated alkanes) is 2. The topological polar surface area (TPSA) is 12.1 Å². The van der Waals surface area contributed by atoms with Gasteiger partial charge in [0.15, 0.2) is 11.4 Å². The van der Waals surface area contributed by atoms with Crippen molar-refractivity contribution in [3.63, 3.8) is 0 Å². The summed E-state index contributed by atoms with van der Waals surface area (Å²) in [4.78, 5) is 2.57. The molecule has 4 aromatic rings. The van der Waals surface area contributed by atoms with Crippen molar-refractivity contribution in [2.75, 3.05) is 18.0 Å². The molecule has 3 aromatic carbocycles. The van der Waals surface area contributed by atoms with Gasteiger partial charge in [0.25, 0.3) is 5.82 Å². The summed E-state index contributed by atoms with van der Waals surface area (Å²) in [6.45, 7) is 8.74.